The van der Waals surface area contributed by atoms with Crippen molar-refractivity contribution in [2.75, 3.05) is 0 Å². The normalized spacial score (nSPS) is 10.7. The maximum Gasteiger partial charge on any atom is 0.355 e. The quantitative estimate of drug-likeness (QED) is 0.642. The highest BCUT2D eigenvalue weighted by Crippen LogP contribution is 2.19. The molecule has 0 aliphatic rings. The van der Waals surface area contributed by atoms with Gasteiger partial charge in [0.2, 0.25) is 0 Å². The van der Waals surface area contributed by atoms with Gasteiger partial charge in [0.1, 0.15) is 5.69 Å². The smallest absolute Gasteiger partial charge is 0.355 e. The summed E-state index contributed by atoms with van der Waals surface area (Å²) in [6, 6.07) is 0. The van der Waals surface area contributed by atoms with E-state index in [0.29, 0.717) is 29.2 Å². The second kappa shape index (κ2) is 6.50. The average molecular weight is 305 g/mol. The number of aryl methyl sites for hydroxylation is 2. The van der Waals surface area contributed by atoms with E-state index in [1.807, 2.05) is 6.92 Å². The molecular weight excluding hydrogens is 286 g/mol. The van der Waals surface area contributed by atoms with Crippen LogP contribution < -0.4 is 0 Å². The predicted octanol–water partition coefficient (Wildman–Crippen LogP) is 1.59. The standard InChI is InChI=1S/C14H19N5O3/c1-5-6-19-11(16-17-18-19)7-22-14(21)13-8(2)12(10(4)20)9(3)15-13/h15H,5-7H2,1-4H3. The largest absolute Gasteiger partial charge is 0.453 e. The molecule has 22 heavy (non-hydrogen) atoms. The molecule has 0 aromatic carbocycles. The van der Waals surface area contributed by atoms with Crippen LogP contribution in [0.1, 0.15) is 58.2 Å². The molecule has 2 aromatic rings. The lowest BCUT2D eigenvalue weighted by atomic mass is 10.1. The van der Waals surface area contributed by atoms with Gasteiger partial charge in [-0.1, -0.05) is 6.92 Å². The van der Waals surface area contributed by atoms with Crippen molar-refractivity contribution in [3.8, 4) is 0 Å². The van der Waals surface area contributed by atoms with Crippen molar-refractivity contribution in [1.82, 2.24) is 25.2 Å². The van der Waals surface area contributed by atoms with Crippen LogP contribution in [0.15, 0.2) is 0 Å². The van der Waals surface area contributed by atoms with Gasteiger partial charge in [0.05, 0.1) is 0 Å². The number of esters is 1. The minimum atomic E-state index is -0.529. The maximum atomic E-state index is 12.2. The summed E-state index contributed by atoms with van der Waals surface area (Å²) in [5, 5.41) is 11.2. The third kappa shape index (κ3) is 3.05. The van der Waals surface area contributed by atoms with E-state index in [1.165, 1.54) is 6.92 Å². The zero-order chi connectivity index (χ0) is 16.3. The average Bonchev–Trinajstić information content (AvgIpc) is 3.01. The number of rotatable bonds is 6. The summed E-state index contributed by atoms with van der Waals surface area (Å²) in [5.74, 6) is -0.126. The number of ether oxygens (including phenoxy) is 1. The summed E-state index contributed by atoms with van der Waals surface area (Å²) in [4.78, 5) is 26.7. The topological polar surface area (TPSA) is 103 Å². The predicted molar refractivity (Wildman–Crippen MR) is 77.5 cm³/mol. The summed E-state index contributed by atoms with van der Waals surface area (Å²) in [6.45, 7) is 7.59. The van der Waals surface area contributed by atoms with Gasteiger partial charge in [-0.25, -0.2) is 9.48 Å². The van der Waals surface area contributed by atoms with Gasteiger partial charge >= 0.3 is 5.97 Å². The first kappa shape index (κ1) is 15.9. The fraction of sp³-hybridized carbons (Fsp3) is 0.500. The number of hydrogen-bond donors (Lipinski definition) is 1. The zero-order valence-electron chi connectivity index (χ0n) is 13.1. The molecule has 8 heteroatoms. The molecule has 0 spiro atoms. The van der Waals surface area contributed by atoms with Crippen molar-refractivity contribution < 1.29 is 14.3 Å². The fourth-order valence-corrected chi connectivity index (χ4v) is 2.40. The van der Waals surface area contributed by atoms with E-state index in [1.54, 1.807) is 18.5 Å². The van der Waals surface area contributed by atoms with Crippen LogP contribution in [0.4, 0.5) is 0 Å². The number of H-pyrrole nitrogens is 1. The number of hydrogen-bond acceptors (Lipinski definition) is 6. The third-order valence-corrected chi connectivity index (χ3v) is 3.37. The molecule has 0 saturated heterocycles. The number of aromatic amines is 1. The van der Waals surface area contributed by atoms with Crippen molar-refractivity contribution in [2.45, 2.75) is 47.3 Å². The number of aromatic nitrogens is 5. The van der Waals surface area contributed by atoms with Crippen LogP contribution in [0, 0.1) is 13.8 Å². The first-order valence-corrected chi connectivity index (χ1v) is 7.08. The molecule has 0 aliphatic carbocycles. The van der Waals surface area contributed by atoms with Crippen molar-refractivity contribution in [3.63, 3.8) is 0 Å². The maximum absolute atomic E-state index is 12.2. The summed E-state index contributed by atoms with van der Waals surface area (Å²) in [5.41, 5.74) is 2.08. The molecule has 8 nitrogen and oxygen atoms in total. The second-order valence-corrected chi connectivity index (χ2v) is 5.08. The van der Waals surface area contributed by atoms with E-state index in [0.717, 1.165) is 6.42 Å². The van der Waals surface area contributed by atoms with Crippen LogP contribution in [0.25, 0.3) is 0 Å². The van der Waals surface area contributed by atoms with Crippen molar-refractivity contribution in [1.29, 1.82) is 0 Å². The Balaban J connectivity index is 2.11. The summed E-state index contributed by atoms with van der Waals surface area (Å²) >= 11 is 0. The number of ketones is 1. The summed E-state index contributed by atoms with van der Waals surface area (Å²) in [7, 11) is 0. The highest BCUT2D eigenvalue weighted by atomic mass is 16.5. The Hall–Kier alpha value is -2.51. The lowest BCUT2D eigenvalue weighted by Crippen LogP contribution is -2.12. The first-order chi connectivity index (χ1) is 10.5. The Morgan fingerprint density at radius 1 is 1.32 bits per heavy atom. The van der Waals surface area contributed by atoms with E-state index in [4.69, 9.17) is 4.74 Å². The van der Waals surface area contributed by atoms with Crippen LogP contribution in [0.3, 0.4) is 0 Å². The van der Waals surface area contributed by atoms with Gasteiger partial charge in [-0.05, 0) is 43.2 Å². The SMILES string of the molecule is CCCn1nnnc1COC(=O)c1[nH]c(C)c(C(C)=O)c1C. The van der Waals surface area contributed by atoms with E-state index in [9.17, 15) is 9.59 Å². The van der Waals surface area contributed by atoms with E-state index in [2.05, 4.69) is 20.5 Å². The molecule has 0 bridgehead atoms. The third-order valence-electron chi connectivity index (χ3n) is 3.37. The molecule has 2 rings (SSSR count). The van der Waals surface area contributed by atoms with Crippen LogP contribution >= 0.6 is 0 Å². The Morgan fingerprint density at radius 3 is 2.64 bits per heavy atom. The summed E-state index contributed by atoms with van der Waals surface area (Å²) in [6.07, 6.45) is 0.878. The molecule has 0 fully saturated rings. The van der Waals surface area contributed by atoms with Crippen LogP contribution in [0.5, 0.6) is 0 Å². The number of carbonyl (C=O) groups excluding carboxylic acids is 2. The first-order valence-electron chi connectivity index (χ1n) is 7.08. The summed E-state index contributed by atoms with van der Waals surface area (Å²) < 4.78 is 6.84. The molecule has 0 saturated carbocycles. The highest BCUT2D eigenvalue weighted by molar-refractivity contribution is 6.01. The van der Waals surface area contributed by atoms with Crippen LogP contribution in [-0.2, 0) is 17.9 Å². The molecule has 1 N–H and O–H groups in total. The van der Waals surface area contributed by atoms with Gasteiger partial charge in [-0.2, -0.15) is 0 Å². The molecular formula is C14H19N5O3. The number of tetrazole rings is 1. The Kier molecular flexibility index (Phi) is 4.69. The number of carbonyl (C=O) groups is 2. The van der Waals surface area contributed by atoms with Crippen molar-refractivity contribution in [2.24, 2.45) is 0 Å². The minimum Gasteiger partial charge on any atom is -0.453 e. The molecule has 0 unspecified atom stereocenters. The molecule has 0 radical (unpaired) electrons. The van der Waals surface area contributed by atoms with E-state index < -0.39 is 5.97 Å². The second-order valence-electron chi connectivity index (χ2n) is 5.08. The van der Waals surface area contributed by atoms with Gasteiger partial charge in [-0.3, -0.25) is 4.79 Å². The fourth-order valence-electron chi connectivity index (χ4n) is 2.40. The van der Waals surface area contributed by atoms with Crippen LogP contribution in [0.2, 0.25) is 0 Å². The number of Topliss-reactive ketones (excluding diaryl/α,β-unsaturated/α-hetero) is 1. The minimum absolute atomic E-state index is 0.0151. The van der Waals surface area contributed by atoms with Crippen LogP contribution in [-0.4, -0.2) is 36.9 Å². The zero-order valence-corrected chi connectivity index (χ0v) is 13.1. The Morgan fingerprint density at radius 2 is 2.05 bits per heavy atom. The van der Waals surface area contributed by atoms with E-state index >= 15 is 0 Å². The molecule has 0 atom stereocenters. The van der Waals surface area contributed by atoms with Crippen molar-refractivity contribution >= 4 is 11.8 Å². The van der Waals surface area contributed by atoms with E-state index in [-0.39, 0.29) is 18.1 Å². The van der Waals surface area contributed by atoms with Gasteiger partial charge < -0.3 is 9.72 Å². The van der Waals surface area contributed by atoms with Crippen molar-refractivity contribution in [3.05, 3.63) is 28.3 Å². The Labute approximate surface area is 127 Å². The molecule has 2 heterocycles. The monoisotopic (exact) mass is 305 g/mol. The Bertz CT molecular complexity index is 701. The van der Waals surface area contributed by atoms with Gasteiger partial charge in [0, 0.05) is 17.8 Å². The number of nitrogens with one attached hydrogen (secondary N) is 1. The van der Waals surface area contributed by atoms with Gasteiger partial charge in [0.25, 0.3) is 0 Å². The van der Waals surface area contributed by atoms with Gasteiger partial charge in [-0.15, -0.1) is 5.10 Å². The number of nitrogens with zero attached hydrogens (tertiary/aromatic N) is 4. The molecule has 118 valence electrons. The lowest BCUT2D eigenvalue weighted by molar-refractivity contribution is 0.0449. The lowest BCUT2D eigenvalue weighted by Gasteiger charge is -2.05. The molecule has 0 aliphatic heterocycles. The molecule has 2 aromatic heterocycles. The van der Waals surface area contributed by atoms with Gasteiger partial charge in [0.15, 0.2) is 18.2 Å². The highest BCUT2D eigenvalue weighted by Gasteiger charge is 2.21. The molecule has 0 amide bonds.